The Kier molecular flexibility index (Phi) is 6.01. The number of carbonyl (C=O) groups excluding carboxylic acids is 1. The predicted molar refractivity (Wildman–Crippen MR) is 97.2 cm³/mol. The largest absolute Gasteiger partial charge is 0.389 e. The summed E-state index contributed by atoms with van der Waals surface area (Å²) < 4.78 is 5.22. The molecule has 2 aromatic rings. The molecule has 1 atom stereocenters. The van der Waals surface area contributed by atoms with Crippen molar-refractivity contribution in [3.05, 3.63) is 52.9 Å². The molecule has 0 aliphatic carbocycles. The van der Waals surface area contributed by atoms with E-state index >= 15 is 0 Å². The summed E-state index contributed by atoms with van der Waals surface area (Å²) in [6.45, 7) is 9.98. The summed E-state index contributed by atoms with van der Waals surface area (Å²) in [5.74, 6) is 0.784. The third kappa shape index (κ3) is 5.43. The van der Waals surface area contributed by atoms with E-state index < -0.39 is 5.60 Å². The first-order valence-electron chi connectivity index (χ1n) is 8.64. The van der Waals surface area contributed by atoms with E-state index in [2.05, 4.69) is 5.16 Å². The maximum Gasteiger partial charge on any atom is 0.223 e. The summed E-state index contributed by atoms with van der Waals surface area (Å²) in [5, 5.41) is 14.2. The van der Waals surface area contributed by atoms with Gasteiger partial charge in [0.25, 0.3) is 0 Å². The summed E-state index contributed by atoms with van der Waals surface area (Å²) in [7, 11) is 0. The molecular weight excluding hydrogens is 316 g/mol. The zero-order valence-electron chi connectivity index (χ0n) is 15.7. The highest BCUT2D eigenvalue weighted by molar-refractivity contribution is 5.77. The molecule has 1 aromatic heterocycles. The van der Waals surface area contributed by atoms with Gasteiger partial charge in [-0.25, -0.2) is 0 Å². The summed E-state index contributed by atoms with van der Waals surface area (Å²) in [6.07, 6.45) is 0.353. The van der Waals surface area contributed by atoms with Crippen LogP contribution in [0.3, 0.4) is 0 Å². The number of carbonyl (C=O) groups is 1. The van der Waals surface area contributed by atoms with Gasteiger partial charge in [0.05, 0.1) is 11.3 Å². The van der Waals surface area contributed by atoms with Gasteiger partial charge in [-0.3, -0.25) is 4.79 Å². The molecular formula is C20H28N2O3. The van der Waals surface area contributed by atoms with Crippen molar-refractivity contribution >= 4 is 5.91 Å². The second-order valence-corrected chi connectivity index (χ2v) is 7.39. The average Bonchev–Trinajstić information content (AvgIpc) is 2.85. The molecule has 0 aliphatic rings. The fraction of sp³-hybridized carbons (Fsp3) is 0.500. The molecule has 1 amide bonds. The van der Waals surface area contributed by atoms with Crippen molar-refractivity contribution in [2.75, 3.05) is 6.54 Å². The summed E-state index contributed by atoms with van der Waals surface area (Å²) in [6, 6.07) is 9.83. The van der Waals surface area contributed by atoms with Crippen LogP contribution in [0, 0.1) is 13.8 Å². The lowest BCUT2D eigenvalue weighted by Gasteiger charge is -2.30. The monoisotopic (exact) mass is 344 g/mol. The van der Waals surface area contributed by atoms with Crippen LogP contribution in [0.15, 0.2) is 34.9 Å². The average molecular weight is 344 g/mol. The topological polar surface area (TPSA) is 66.6 Å². The van der Waals surface area contributed by atoms with E-state index in [-0.39, 0.29) is 18.4 Å². The molecule has 0 saturated heterocycles. The van der Waals surface area contributed by atoms with Crippen LogP contribution < -0.4 is 0 Å². The van der Waals surface area contributed by atoms with E-state index in [0.29, 0.717) is 13.0 Å². The molecule has 1 unspecified atom stereocenters. The summed E-state index contributed by atoms with van der Waals surface area (Å²) in [5.41, 5.74) is 1.92. The van der Waals surface area contributed by atoms with Gasteiger partial charge < -0.3 is 14.5 Å². The normalized spacial score (nSPS) is 12.9. The zero-order valence-corrected chi connectivity index (χ0v) is 15.7. The van der Waals surface area contributed by atoms with Crippen LogP contribution in [0.25, 0.3) is 0 Å². The van der Waals surface area contributed by atoms with E-state index in [1.165, 1.54) is 0 Å². The highest BCUT2D eigenvalue weighted by atomic mass is 16.5. The first-order chi connectivity index (χ1) is 11.7. The Bertz CT molecular complexity index is 682. The molecule has 1 aromatic carbocycles. The number of aryl methyl sites for hydroxylation is 2. The number of hydrogen-bond donors (Lipinski definition) is 1. The Morgan fingerprint density at radius 1 is 1.28 bits per heavy atom. The van der Waals surface area contributed by atoms with Crippen molar-refractivity contribution < 1.29 is 14.4 Å². The van der Waals surface area contributed by atoms with Gasteiger partial charge in [0.1, 0.15) is 5.76 Å². The first-order valence-corrected chi connectivity index (χ1v) is 8.64. The van der Waals surface area contributed by atoms with Gasteiger partial charge >= 0.3 is 0 Å². The van der Waals surface area contributed by atoms with Crippen LogP contribution in [0.4, 0.5) is 0 Å². The lowest BCUT2D eigenvalue weighted by molar-refractivity contribution is -0.135. The van der Waals surface area contributed by atoms with Gasteiger partial charge in [0, 0.05) is 25.1 Å². The minimum absolute atomic E-state index is 0.0125. The Morgan fingerprint density at radius 2 is 1.92 bits per heavy atom. The van der Waals surface area contributed by atoms with Gasteiger partial charge in [-0.2, -0.15) is 0 Å². The molecule has 136 valence electrons. The number of nitrogens with zero attached hydrogens (tertiary/aromatic N) is 2. The van der Waals surface area contributed by atoms with Crippen LogP contribution in [-0.2, 0) is 11.3 Å². The van der Waals surface area contributed by atoms with Crippen molar-refractivity contribution in [2.45, 2.75) is 59.1 Å². The molecule has 0 fully saturated rings. The molecule has 5 heteroatoms. The van der Waals surface area contributed by atoms with Gasteiger partial charge in [0.15, 0.2) is 0 Å². The SMILES string of the molecule is Cc1noc(C)c1C(C)CC(=O)N(Cc1ccccc1)CC(C)(C)O. The van der Waals surface area contributed by atoms with Crippen LogP contribution in [0.5, 0.6) is 0 Å². The van der Waals surface area contributed by atoms with Crippen molar-refractivity contribution in [3.8, 4) is 0 Å². The highest BCUT2D eigenvalue weighted by Gasteiger charge is 2.26. The number of rotatable bonds is 7. The molecule has 25 heavy (non-hydrogen) atoms. The molecule has 1 heterocycles. The molecule has 5 nitrogen and oxygen atoms in total. The Morgan fingerprint density at radius 3 is 2.44 bits per heavy atom. The quantitative estimate of drug-likeness (QED) is 0.833. The number of aromatic nitrogens is 1. The van der Waals surface area contributed by atoms with Gasteiger partial charge in [0.2, 0.25) is 5.91 Å². The second kappa shape index (κ2) is 7.83. The van der Waals surface area contributed by atoms with E-state index in [1.807, 2.05) is 51.1 Å². The van der Waals surface area contributed by atoms with Crippen LogP contribution in [-0.4, -0.2) is 33.2 Å². The molecule has 2 rings (SSSR count). The summed E-state index contributed by atoms with van der Waals surface area (Å²) in [4.78, 5) is 14.6. The smallest absolute Gasteiger partial charge is 0.223 e. The van der Waals surface area contributed by atoms with Crippen molar-refractivity contribution in [1.29, 1.82) is 0 Å². The molecule has 0 saturated carbocycles. The number of amides is 1. The van der Waals surface area contributed by atoms with E-state index in [9.17, 15) is 9.90 Å². The second-order valence-electron chi connectivity index (χ2n) is 7.39. The van der Waals surface area contributed by atoms with Crippen molar-refractivity contribution in [3.63, 3.8) is 0 Å². The van der Waals surface area contributed by atoms with Gasteiger partial charge in [-0.15, -0.1) is 0 Å². The van der Waals surface area contributed by atoms with Crippen LogP contribution >= 0.6 is 0 Å². The Hall–Kier alpha value is -2.14. The minimum atomic E-state index is -0.948. The first kappa shape index (κ1) is 19.2. The Balaban J connectivity index is 2.14. The fourth-order valence-electron chi connectivity index (χ4n) is 3.19. The molecule has 1 N–H and O–H groups in total. The van der Waals surface area contributed by atoms with Gasteiger partial charge in [-0.1, -0.05) is 42.4 Å². The standard InChI is InChI=1S/C20H28N2O3/c1-14(19-15(2)21-25-16(19)3)11-18(23)22(13-20(4,5)24)12-17-9-7-6-8-10-17/h6-10,14,24H,11-13H2,1-5H3. The Labute approximate surface area is 149 Å². The van der Waals surface area contributed by atoms with Crippen LogP contribution in [0.2, 0.25) is 0 Å². The molecule has 0 spiro atoms. The number of hydrogen-bond acceptors (Lipinski definition) is 4. The fourth-order valence-corrected chi connectivity index (χ4v) is 3.19. The zero-order chi connectivity index (χ0) is 18.6. The highest BCUT2D eigenvalue weighted by Crippen LogP contribution is 2.27. The summed E-state index contributed by atoms with van der Waals surface area (Å²) >= 11 is 0. The van der Waals surface area contributed by atoms with E-state index in [1.54, 1.807) is 18.7 Å². The third-order valence-electron chi connectivity index (χ3n) is 4.21. The van der Waals surface area contributed by atoms with Gasteiger partial charge in [-0.05, 0) is 39.2 Å². The predicted octanol–water partition coefficient (Wildman–Crippen LogP) is 3.58. The van der Waals surface area contributed by atoms with Crippen LogP contribution in [0.1, 0.15) is 55.7 Å². The van der Waals surface area contributed by atoms with Crippen molar-refractivity contribution in [2.24, 2.45) is 0 Å². The molecule has 0 aliphatic heterocycles. The third-order valence-corrected chi connectivity index (χ3v) is 4.21. The minimum Gasteiger partial charge on any atom is -0.389 e. The lowest BCUT2D eigenvalue weighted by atomic mass is 9.95. The lowest BCUT2D eigenvalue weighted by Crippen LogP contribution is -2.42. The van der Waals surface area contributed by atoms with E-state index in [0.717, 1.165) is 22.6 Å². The molecule has 0 radical (unpaired) electrons. The number of benzene rings is 1. The maximum absolute atomic E-state index is 12.9. The van der Waals surface area contributed by atoms with E-state index in [4.69, 9.17) is 4.52 Å². The number of aliphatic hydroxyl groups is 1. The maximum atomic E-state index is 12.9. The molecule has 0 bridgehead atoms. The van der Waals surface area contributed by atoms with Crippen molar-refractivity contribution in [1.82, 2.24) is 10.1 Å².